The van der Waals surface area contributed by atoms with E-state index in [2.05, 4.69) is 20.3 Å². The van der Waals surface area contributed by atoms with Gasteiger partial charge in [-0.1, -0.05) is 29.3 Å². The summed E-state index contributed by atoms with van der Waals surface area (Å²) in [6.45, 7) is 2.13. The molecule has 10 nitrogen and oxygen atoms in total. The monoisotopic (exact) mass is 542 g/mol. The van der Waals surface area contributed by atoms with Crippen LogP contribution in [0.1, 0.15) is 19.3 Å². The van der Waals surface area contributed by atoms with Gasteiger partial charge < -0.3 is 20.1 Å². The van der Waals surface area contributed by atoms with Gasteiger partial charge in [0.15, 0.2) is 0 Å². The van der Waals surface area contributed by atoms with Gasteiger partial charge >= 0.3 is 0 Å². The number of hydrogen-bond acceptors (Lipinski definition) is 6. The Morgan fingerprint density at radius 3 is 2.57 bits per heavy atom. The van der Waals surface area contributed by atoms with Gasteiger partial charge in [0.25, 0.3) is 5.56 Å². The number of aromatic nitrogens is 5. The topological polar surface area (TPSA) is 104 Å². The number of nitrogens with zero attached hydrogens (tertiary/aromatic N) is 6. The minimum absolute atomic E-state index is 0.0160. The number of aryl methyl sites for hydroxylation is 1. The van der Waals surface area contributed by atoms with E-state index in [0.717, 1.165) is 25.9 Å². The van der Waals surface area contributed by atoms with Gasteiger partial charge in [0, 0.05) is 70.1 Å². The number of amides is 1. The quantitative estimate of drug-likeness (QED) is 0.401. The summed E-state index contributed by atoms with van der Waals surface area (Å²) in [5, 5.41) is 9.84. The molecule has 1 aromatic carbocycles. The Bertz CT molecular complexity index is 1590. The molecule has 2 unspecified atom stereocenters. The second kappa shape index (κ2) is 9.04. The van der Waals surface area contributed by atoms with Crippen molar-refractivity contribution >= 4 is 57.0 Å². The van der Waals surface area contributed by atoms with Crippen LogP contribution < -0.4 is 15.8 Å². The number of anilines is 1. The third-order valence-corrected chi connectivity index (χ3v) is 8.38. The number of aromatic amines is 1. The van der Waals surface area contributed by atoms with Crippen LogP contribution in [0.15, 0.2) is 23.1 Å². The lowest BCUT2D eigenvalue weighted by Gasteiger charge is -2.36. The number of piperazine rings is 1. The Morgan fingerprint density at radius 2 is 1.86 bits per heavy atom. The van der Waals surface area contributed by atoms with Gasteiger partial charge in [-0.05, 0) is 18.9 Å². The zero-order valence-corrected chi connectivity index (χ0v) is 22.4. The zero-order valence-electron chi connectivity index (χ0n) is 20.9. The van der Waals surface area contributed by atoms with E-state index in [-0.39, 0.29) is 17.9 Å². The van der Waals surface area contributed by atoms with Crippen molar-refractivity contribution < 1.29 is 4.79 Å². The Labute approximate surface area is 223 Å². The van der Waals surface area contributed by atoms with Gasteiger partial charge in [-0.25, -0.2) is 0 Å². The van der Waals surface area contributed by atoms with E-state index in [1.54, 1.807) is 36.6 Å². The fourth-order valence-corrected chi connectivity index (χ4v) is 6.34. The molecule has 12 heteroatoms. The molecule has 0 saturated carbocycles. The first-order chi connectivity index (χ1) is 17.8. The molecule has 5 heterocycles. The number of benzene rings is 1. The maximum atomic E-state index is 13.7. The van der Waals surface area contributed by atoms with Crippen molar-refractivity contribution in [3.8, 4) is 11.1 Å². The number of halogens is 2. The first-order valence-corrected chi connectivity index (χ1v) is 13.1. The minimum Gasteiger partial charge on any atom is -0.349 e. The van der Waals surface area contributed by atoms with E-state index in [1.807, 2.05) is 12.1 Å². The van der Waals surface area contributed by atoms with Crippen molar-refractivity contribution in [2.75, 3.05) is 32.1 Å². The summed E-state index contributed by atoms with van der Waals surface area (Å²) in [6, 6.07) is 4.35. The van der Waals surface area contributed by atoms with Gasteiger partial charge in [-0.15, -0.1) is 0 Å². The summed E-state index contributed by atoms with van der Waals surface area (Å²) >= 11 is 13.6. The Morgan fingerprint density at radius 1 is 1.14 bits per heavy atom. The second-order valence-electron chi connectivity index (χ2n) is 10.0. The Hall–Kier alpha value is -3.08. The maximum Gasteiger partial charge on any atom is 0.264 e. The SMILES string of the molecule is CN(C)C(=O)CCn1nc2ccc(-c3c[nH]c4nc(N5C6CCC5CNC6)n(C)c(=O)c34)c(Cl)c2c1Cl. The summed E-state index contributed by atoms with van der Waals surface area (Å²) in [6.07, 6.45) is 4.23. The molecule has 4 aromatic rings. The molecule has 2 saturated heterocycles. The minimum atomic E-state index is -0.130. The van der Waals surface area contributed by atoms with E-state index in [9.17, 15) is 9.59 Å². The second-order valence-corrected chi connectivity index (χ2v) is 10.8. The molecule has 3 aromatic heterocycles. The largest absolute Gasteiger partial charge is 0.349 e. The Kier molecular flexibility index (Phi) is 5.93. The van der Waals surface area contributed by atoms with Crippen LogP contribution in [0.25, 0.3) is 33.1 Å². The average molecular weight is 543 g/mol. The van der Waals surface area contributed by atoms with Crippen molar-refractivity contribution in [2.45, 2.75) is 37.9 Å². The van der Waals surface area contributed by atoms with Gasteiger partial charge in [-0.2, -0.15) is 10.1 Å². The third kappa shape index (κ3) is 3.81. The van der Waals surface area contributed by atoms with E-state index in [0.29, 0.717) is 67.8 Å². The van der Waals surface area contributed by atoms with Gasteiger partial charge in [0.1, 0.15) is 10.8 Å². The molecule has 0 spiro atoms. The lowest BCUT2D eigenvalue weighted by molar-refractivity contribution is -0.128. The summed E-state index contributed by atoms with van der Waals surface area (Å²) in [7, 11) is 5.21. The molecular formula is C25H28Cl2N8O2. The molecular weight excluding hydrogens is 515 g/mol. The van der Waals surface area contributed by atoms with Gasteiger partial charge in [0.2, 0.25) is 11.9 Å². The van der Waals surface area contributed by atoms with Crippen LogP contribution >= 0.6 is 23.2 Å². The van der Waals surface area contributed by atoms with Crippen LogP contribution in [0.3, 0.4) is 0 Å². The number of rotatable bonds is 5. The van der Waals surface area contributed by atoms with Crippen LogP contribution in [0.4, 0.5) is 5.95 Å². The van der Waals surface area contributed by atoms with Crippen molar-refractivity contribution in [2.24, 2.45) is 7.05 Å². The fourth-order valence-electron chi connectivity index (χ4n) is 5.63. The molecule has 0 radical (unpaired) electrons. The molecule has 0 aliphatic carbocycles. The van der Waals surface area contributed by atoms with E-state index in [4.69, 9.17) is 28.2 Å². The number of carbonyl (C=O) groups is 1. The molecule has 2 fully saturated rings. The van der Waals surface area contributed by atoms with Crippen molar-refractivity contribution in [1.82, 2.24) is 34.5 Å². The number of nitrogens with one attached hydrogen (secondary N) is 2. The maximum absolute atomic E-state index is 13.7. The number of hydrogen-bond donors (Lipinski definition) is 2. The molecule has 37 heavy (non-hydrogen) atoms. The highest BCUT2D eigenvalue weighted by atomic mass is 35.5. The normalized spacial score (nSPS) is 19.3. The predicted octanol–water partition coefficient (Wildman–Crippen LogP) is 3.00. The van der Waals surface area contributed by atoms with Crippen LogP contribution in [0.5, 0.6) is 0 Å². The summed E-state index contributed by atoms with van der Waals surface area (Å²) in [5.41, 5.74) is 2.36. The van der Waals surface area contributed by atoms with Crippen LogP contribution in [0, 0.1) is 0 Å². The number of fused-ring (bicyclic) bond motifs is 4. The van der Waals surface area contributed by atoms with Crippen LogP contribution in [-0.4, -0.2) is 74.4 Å². The van der Waals surface area contributed by atoms with E-state index in [1.165, 1.54) is 4.90 Å². The highest BCUT2D eigenvalue weighted by Gasteiger charge is 2.39. The van der Waals surface area contributed by atoms with Crippen LogP contribution in [0.2, 0.25) is 10.2 Å². The van der Waals surface area contributed by atoms with Gasteiger partial charge in [-0.3, -0.25) is 18.8 Å². The molecule has 2 atom stereocenters. The summed E-state index contributed by atoms with van der Waals surface area (Å²) < 4.78 is 3.24. The van der Waals surface area contributed by atoms with Crippen molar-refractivity contribution in [3.63, 3.8) is 0 Å². The van der Waals surface area contributed by atoms with E-state index >= 15 is 0 Å². The standard InChI is InChI=1S/C25H28Cl2N8O2/c1-32(2)18(36)8-9-34-22(27)20-17(31-34)7-6-15(21(20)26)16-12-29-23-19(16)24(37)33(3)25(30-23)35-13-4-5-14(35)11-28-10-13/h6-7,12-14,28-29H,4-5,8-11H2,1-3H3. The third-order valence-electron chi connectivity index (χ3n) is 7.61. The smallest absolute Gasteiger partial charge is 0.264 e. The van der Waals surface area contributed by atoms with Crippen LogP contribution in [-0.2, 0) is 18.4 Å². The predicted molar refractivity (Wildman–Crippen MR) is 146 cm³/mol. The molecule has 2 aliphatic heterocycles. The fraction of sp³-hybridized carbons (Fsp3) is 0.440. The highest BCUT2D eigenvalue weighted by Crippen LogP contribution is 2.40. The summed E-state index contributed by atoms with van der Waals surface area (Å²) in [4.78, 5) is 37.6. The number of H-pyrrole nitrogens is 1. The summed E-state index contributed by atoms with van der Waals surface area (Å²) in [5.74, 6) is 0.677. The average Bonchev–Trinajstić information content (AvgIpc) is 3.51. The lowest BCUT2D eigenvalue weighted by Crippen LogP contribution is -2.53. The molecule has 2 N–H and O–H groups in total. The molecule has 6 rings (SSSR count). The number of carbonyl (C=O) groups excluding carboxylic acids is 1. The van der Waals surface area contributed by atoms with Crippen molar-refractivity contribution in [1.29, 1.82) is 0 Å². The molecule has 2 aliphatic rings. The van der Waals surface area contributed by atoms with E-state index < -0.39 is 0 Å². The highest BCUT2D eigenvalue weighted by molar-refractivity contribution is 6.43. The molecule has 194 valence electrons. The molecule has 1 amide bonds. The van der Waals surface area contributed by atoms with Gasteiger partial charge in [0.05, 0.1) is 27.9 Å². The lowest BCUT2D eigenvalue weighted by atomic mass is 10.0. The van der Waals surface area contributed by atoms with Crippen molar-refractivity contribution in [3.05, 3.63) is 38.9 Å². The Balaban J connectivity index is 1.42. The molecule has 2 bridgehead atoms. The first-order valence-electron chi connectivity index (χ1n) is 12.4. The zero-order chi connectivity index (χ0) is 26.0. The first kappa shape index (κ1) is 24.3.